The number of carbonyl (C=O) groups is 1. The summed E-state index contributed by atoms with van der Waals surface area (Å²) in [5.41, 5.74) is 2.42. The van der Waals surface area contributed by atoms with Gasteiger partial charge >= 0.3 is 0 Å². The van der Waals surface area contributed by atoms with Gasteiger partial charge in [-0.2, -0.15) is 0 Å². The van der Waals surface area contributed by atoms with Gasteiger partial charge in [0.15, 0.2) is 0 Å². The van der Waals surface area contributed by atoms with E-state index in [1.807, 2.05) is 12.1 Å². The monoisotopic (exact) mass is 486 g/mol. The fourth-order valence-corrected chi connectivity index (χ4v) is 5.42. The molecule has 1 aromatic carbocycles. The normalized spacial score (nSPS) is 16.1. The van der Waals surface area contributed by atoms with Crippen molar-refractivity contribution in [3.63, 3.8) is 0 Å². The van der Waals surface area contributed by atoms with E-state index in [0.717, 1.165) is 53.0 Å². The Morgan fingerprint density at radius 1 is 1.23 bits per heavy atom. The number of aromatic nitrogens is 2. The SMILES string of the molecule is CCC(NC(=O)C1CCN(c2ncnc3sc(C)c(C)c23)CC1)c1ccc(Br)cc1. The van der Waals surface area contributed by atoms with Crippen LogP contribution in [0.2, 0.25) is 0 Å². The summed E-state index contributed by atoms with van der Waals surface area (Å²) >= 11 is 5.20. The van der Waals surface area contributed by atoms with Crippen LogP contribution in [0.25, 0.3) is 10.2 Å². The number of amides is 1. The van der Waals surface area contributed by atoms with Crippen LogP contribution in [0, 0.1) is 19.8 Å². The van der Waals surface area contributed by atoms with Crippen LogP contribution in [0.3, 0.4) is 0 Å². The molecule has 7 heteroatoms. The molecular weight excluding hydrogens is 460 g/mol. The molecule has 2 aromatic heterocycles. The van der Waals surface area contributed by atoms with Crippen molar-refractivity contribution in [3.05, 3.63) is 51.1 Å². The van der Waals surface area contributed by atoms with Crippen LogP contribution < -0.4 is 10.2 Å². The van der Waals surface area contributed by atoms with Crippen molar-refractivity contribution in [2.75, 3.05) is 18.0 Å². The van der Waals surface area contributed by atoms with E-state index in [0.29, 0.717) is 0 Å². The summed E-state index contributed by atoms with van der Waals surface area (Å²) in [6.45, 7) is 8.08. The zero-order valence-electron chi connectivity index (χ0n) is 17.6. The molecule has 5 nitrogen and oxygen atoms in total. The largest absolute Gasteiger partial charge is 0.356 e. The minimum atomic E-state index is 0.0494. The maximum Gasteiger partial charge on any atom is 0.223 e. The summed E-state index contributed by atoms with van der Waals surface area (Å²) in [6.07, 6.45) is 4.23. The minimum Gasteiger partial charge on any atom is -0.356 e. The third-order valence-corrected chi connectivity index (χ3v) is 7.75. The van der Waals surface area contributed by atoms with Crippen LogP contribution in [0.4, 0.5) is 5.82 Å². The molecule has 1 aliphatic heterocycles. The summed E-state index contributed by atoms with van der Waals surface area (Å²) in [7, 11) is 0. The van der Waals surface area contributed by atoms with Crippen molar-refractivity contribution in [1.82, 2.24) is 15.3 Å². The fourth-order valence-electron chi connectivity index (χ4n) is 4.16. The molecule has 0 aliphatic carbocycles. The summed E-state index contributed by atoms with van der Waals surface area (Å²) < 4.78 is 1.05. The zero-order valence-corrected chi connectivity index (χ0v) is 20.0. The smallest absolute Gasteiger partial charge is 0.223 e. The predicted octanol–water partition coefficient (Wildman–Crippen LogP) is 5.55. The van der Waals surface area contributed by atoms with Gasteiger partial charge in [0.2, 0.25) is 5.91 Å². The third kappa shape index (κ3) is 4.23. The molecule has 30 heavy (non-hydrogen) atoms. The lowest BCUT2D eigenvalue weighted by molar-refractivity contribution is -0.126. The zero-order chi connectivity index (χ0) is 21.3. The number of aryl methyl sites for hydroxylation is 2. The molecule has 1 amide bonds. The van der Waals surface area contributed by atoms with Gasteiger partial charge in [0.05, 0.1) is 11.4 Å². The van der Waals surface area contributed by atoms with E-state index in [2.05, 4.69) is 69.0 Å². The van der Waals surface area contributed by atoms with Crippen LogP contribution >= 0.6 is 27.3 Å². The molecule has 1 atom stereocenters. The van der Waals surface area contributed by atoms with Crippen LogP contribution in [0.5, 0.6) is 0 Å². The van der Waals surface area contributed by atoms with E-state index in [4.69, 9.17) is 0 Å². The first-order valence-corrected chi connectivity index (χ1v) is 12.1. The molecule has 3 heterocycles. The van der Waals surface area contributed by atoms with Crippen molar-refractivity contribution in [2.24, 2.45) is 5.92 Å². The fraction of sp³-hybridized carbons (Fsp3) is 0.435. The quantitative estimate of drug-likeness (QED) is 0.513. The number of piperidine rings is 1. The lowest BCUT2D eigenvalue weighted by Gasteiger charge is -2.33. The maximum atomic E-state index is 13.0. The van der Waals surface area contributed by atoms with Crippen molar-refractivity contribution in [3.8, 4) is 0 Å². The topological polar surface area (TPSA) is 58.1 Å². The summed E-state index contributed by atoms with van der Waals surface area (Å²) in [5.74, 6) is 1.23. The molecule has 3 aromatic rings. The number of hydrogen-bond donors (Lipinski definition) is 1. The Balaban J connectivity index is 1.42. The second-order valence-corrected chi connectivity index (χ2v) is 10.1. The molecule has 0 bridgehead atoms. The highest BCUT2D eigenvalue weighted by Crippen LogP contribution is 2.35. The molecule has 1 unspecified atom stereocenters. The van der Waals surface area contributed by atoms with E-state index in [-0.39, 0.29) is 17.9 Å². The van der Waals surface area contributed by atoms with Crippen molar-refractivity contribution in [1.29, 1.82) is 0 Å². The number of anilines is 1. The van der Waals surface area contributed by atoms with E-state index < -0.39 is 0 Å². The Bertz CT molecular complexity index is 1040. The highest BCUT2D eigenvalue weighted by Gasteiger charge is 2.28. The molecular formula is C23H27BrN4OS. The molecule has 1 fully saturated rings. The number of carbonyl (C=O) groups excluding carboxylic acids is 1. The molecule has 0 saturated carbocycles. The number of fused-ring (bicyclic) bond motifs is 1. The van der Waals surface area contributed by atoms with Gasteiger partial charge in [-0.25, -0.2) is 9.97 Å². The maximum absolute atomic E-state index is 13.0. The van der Waals surface area contributed by atoms with E-state index in [1.165, 1.54) is 15.8 Å². The Hall–Kier alpha value is -1.99. The van der Waals surface area contributed by atoms with Gasteiger partial charge < -0.3 is 10.2 Å². The summed E-state index contributed by atoms with van der Waals surface area (Å²) in [5, 5.41) is 4.44. The molecule has 158 valence electrons. The minimum absolute atomic E-state index is 0.0494. The van der Waals surface area contributed by atoms with Gasteiger partial charge in [-0.1, -0.05) is 35.0 Å². The second-order valence-electron chi connectivity index (χ2n) is 7.94. The molecule has 0 radical (unpaired) electrons. The van der Waals surface area contributed by atoms with Gasteiger partial charge in [-0.3, -0.25) is 4.79 Å². The van der Waals surface area contributed by atoms with Crippen molar-refractivity contribution < 1.29 is 4.79 Å². The Morgan fingerprint density at radius 2 is 1.93 bits per heavy atom. The number of thiophene rings is 1. The average Bonchev–Trinajstić information content (AvgIpc) is 3.06. The molecule has 4 rings (SSSR count). The Morgan fingerprint density at radius 3 is 2.60 bits per heavy atom. The van der Waals surface area contributed by atoms with Gasteiger partial charge in [0.25, 0.3) is 0 Å². The van der Waals surface area contributed by atoms with Gasteiger partial charge in [-0.15, -0.1) is 11.3 Å². The first-order valence-electron chi connectivity index (χ1n) is 10.5. The van der Waals surface area contributed by atoms with E-state index in [1.54, 1.807) is 17.7 Å². The third-order valence-electron chi connectivity index (χ3n) is 6.11. The Labute approximate surface area is 190 Å². The molecule has 1 saturated heterocycles. The van der Waals surface area contributed by atoms with Crippen molar-refractivity contribution in [2.45, 2.75) is 46.1 Å². The number of hydrogen-bond acceptors (Lipinski definition) is 5. The van der Waals surface area contributed by atoms with E-state index >= 15 is 0 Å². The lowest BCUT2D eigenvalue weighted by atomic mass is 9.94. The Kier molecular flexibility index (Phi) is 6.39. The number of benzene rings is 1. The van der Waals surface area contributed by atoms with Crippen LogP contribution in [0.15, 0.2) is 35.1 Å². The number of halogens is 1. The first kappa shape index (κ1) is 21.2. The van der Waals surface area contributed by atoms with E-state index in [9.17, 15) is 4.79 Å². The molecule has 1 N–H and O–H groups in total. The molecule has 0 spiro atoms. The van der Waals surface area contributed by atoms with Crippen LogP contribution in [-0.4, -0.2) is 29.0 Å². The molecule has 1 aliphatic rings. The second kappa shape index (κ2) is 9.02. The number of rotatable bonds is 5. The standard InChI is InChI=1S/C23H27BrN4OS/c1-4-19(16-5-7-18(24)8-6-16)27-22(29)17-9-11-28(12-10-17)21-20-14(2)15(3)30-23(20)26-13-25-21/h5-8,13,17,19H,4,9-12H2,1-3H3,(H,27,29). The number of nitrogens with one attached hydrogen (secondary N) is 1. The lowest BCUT2D eigenvalue weighted by Crippen LogP contribution is -2.41. The first-order chi connectivity index (χ1) is 14.5. The summed E-state index contributed by atoms with van der Waals surface area (Å²) in [4.78, 5) is 26.7. The summed E-state index contributed by atoms with van der Waals surface area (Å²) in [6, 6.07) is 8.26. The predicted molar refractivity (Wildman–Crippen MR) is 127 cm³/mol. The highest BCUT2D eigenvalue weighted by molar-refractivity contribution is 9.10. The highest BCUT2D eigenvalue weighted by atomic mass is 79.9. The average molecular weight is 487 g/mol. The van der Waals surface area contributed by atoms with Gasteiger partial charge in [-0.05, 0) is 56.4 Å². The van der Waals surface area contributed by atoms with Crippen LogP contribution in [0.1, 0.15) is 48.2 Å². The number of nitrogens with zero attached hydrogens (tertiary/aromatic N) is 3. The van der Waals surface area contributed by atoms with Crippen LogP contribution in [-0.2, 0) is 4.79 Å². The van der Waals surface area contributed by atoms with Crippen molar-refractivity contribution >= 4 is 49.2 Å². The van der Waals surface area contributed by atoms with Gasteiger partial charge in [0.1, 0.15) is 17.0 Å². The van der Waals surface area contributed by atoms with Gasteiger partial charge in [0, 0.05) is 28.4 Å².